The Morgan fingerprint density at radius 1 is 0.545 bits per heavy atom. The van der Waals surface area contributed by atoms with Gasteiger partial charge in [0.1, 0.15) is 17.8 Å². The van der Waals surface area contributed by atoms with E-state index in [1.807, 2.05) is 0 Å². The van der Waals surface area contributed by atoms with E-state index in [2.05, 4.69) is 52.8 Å². The molecule has 0 aliphatic rings. The first-order valence-corrected chi connectivity index (χ1v) is 23.7. The lowest BCUT2D eigenvalue weighted by Gasteiger charge is -2.22. The number of carbonyl (C=O) groups is 7. The molecular formula is C45H79N13O8. The highest BCUT2D eigenvalue weighted by atomic mass is 16.3. The van der Waals surface area contributed by atoms with E-state index in [9.17, 15) is 38.7 Å². The summed E-state index contributed by atoms with van der Waals surface area (Å²) in [7, 11) is 0. The third kappa shape index (κ3) is 27.2. The van der Waals surface area contributed by atoms with Gasteiger partial charge >= 0.3 is 0 Å². The maximum absolute atomic E-state index is 13.3. The summed E-state index contributed by atoms with van der Waals surface area (Å²) in [5, 5.41) is 37.0. The Kier molecular flexibility index (Phi) is 30.8. The quantitative estimate of drug-likeness (QED) is 0.0353. The van der Waals surface area contributed by atoms with Gasteiger partial charge in [0.05, 0.1) is 12.8 Å². The van der Waals surface area contributed by atoms with Gasteiger partial charge in [-0.15, -0.1) is 0 Å². The van der Waals surface area contributed by atoms with Crippen LogP contribution < -0.4 is 65.1 Å². The number of aromatic nitrogens is 1. The van der Waals surface area contributed by atoms with Gasteiger partial charge in [-0.25, -0.2) is 0 Å². The number of nitrogens with one attached hydrogen (secondary N) is 10. The molecule has 0 radical (unpaired) electrons. The van der Waals surface area contributed by atoms with Crippen LogP contribution in [0, 0.1) is 0 Å². The highest BCUT2D eigenvalue weighted by Crippen LogP contribution is 2.23. The Hall–Kier alpha value is -5.35. The molecule has 1 aromatic carbocycles. The first-order chi connectivity index (χ1) is 31.9. The zero-order chi connectivity index (χ0) is 48.2. The number of aromatic amines is 1. The monoisotopic (exact) mass is 930 g/mol. The molecule has 372 valence electrons. The molecule has 17 N–H and O–H groups in total. The summed E-state index contributed by atoms with van der Waals surface area (Å²) >= 11 is 0. The SMILES string of the molecule is NCCCCNCCC(=O)NCCCCNCCC(=O)NCCCCNCCC(=O)NCCCCCNC(=O)C(CC(N)=O)NC(=O)C(CCCN)NC(=O)Cc1c[nH]c2cc(O)ccc12. The summed E-state index contributed by atoms with van der Waals surface area (Å²) in [5.41, 5.74) is 17.9. The molecule has 0 saturated carbocycles. The molecule has 0 bridgehead atoms. The Labute approximate surface area is 389 Å². The second-order valence-corrected chi connectivity index (χ2v) is 16.3. The van der Waals surface area contributed by atoms with Gasteiger partial charge in [0.2, 0.25) is 41.4 Å². The number of carbonyl (C=O) groups excluding carboxylic acids is 7. The van der Waals surface area contributed by atoms with E-state index < -0.39 is 42.1 Å². The predicted molar refractivity (Wildman–Crippen MR) is 255 cm³/mol. The van der Waals surface area contributed by atoms with E-state index in [0.29, 0.717) is 102 Å². The van der Waals surface area contributed by atoms with Crippen LogP contribution in [-0.4, -0.2) is 142 Å². The van der Waals surface area contributed by atoms with Gasteiger partial charge in [-0.05, 0) is 121 Å². The summed E-state index contributed by atoms with van der Waals surface area (Å²) < 4.78 is 0. The number of phenolic OH excluding ortho intramolecular Hbond substituents is 1. The van der Waals surface area contributed by atoms with Gasteiger partial charge in [-0.2, -0.15) is 0 Å². The van der Waals surface area contributed by atoms with Crippen LogP contribution in [0.5, 0.6) is 5.75 Å². The van der Waals surface area contributed by atoms with Crippen LogP contribution in [0.25, 0.3) is 10.9 Å². The third-order valence-corrected chi connectivity index (χ3v) is 10.6. The van der Waals surface area contributed by atoms with Gasteiger partial charge < -0.3 is 75.1 Å². The van der Waals surface area contributed by atoms with Gasteiger partial charge in [0.25, 0.3) is 0 Å². The minimum atomic E-state index is -1.24. The zero-order valence-electron chi connectivity index (χ0n) is 38.8. The van der Waals surface area contributed by atoms with Crippen LogP contribution in [0.1, 0.15) is 102 Å². The van der Waals surface area contributed by atoms with E-state index >= 15 is 0 Å². The fraction of sp³-hybridized carbons (Fsp3) is 0.667. The predicted octanol–water partition coefficient (Wildman–Crippen LogP) is -1.13. The number of H-pyrrole nitrogens is 1. The van der Waals surface area contributed by atoms with Crippen LogP contribution in [0.4, 0.5) is 0 Å². The fourth-order valence-corrected chi connectivity index (χ4v) is 6.85. The summed E-state index contributed by atoms with van der Waals surface area (Å²) in [6, 6.07) is 2.49. The van der Waals surface area contributed by atoms with Crippen molar-refractivity contribution in [3.05, 3.63) is 30.0 Å². The first kappa shape index (κ1) is 56.8. The molecule has 21 nitrogen and oxygen atoms in total. The number of phenols is 1. The number of nitrogens with two attached hydrogens (primary N) is 3. The minimum Gasteiger partial charge on any atom is -0.508 e. The molecule has 2 rings (SSSR count). The molecule has 0 aliphatic heterocycles. The standard InChI is InChI=1S/C45H79N13O8/c46-17-2-5-19-49-26-14-41(62)53-23-8-7-21-51-28-16-42(63)54-24-9-6-20-50-27-15-40(61)52-22-3-1-4-25-55-44(65)38(31-39(48)60)58-45(66)36(11-10-18-47)57-43(64)29-33-32-56-37-30-34(59)12-13-35(33)37/h12-13,30,32,36,38,49-51,56,59H,1-11,14-29,31,46-47H2,(H2,48,60)(H,52,61)(H,53,62)(H,54,63)(H,55,65)(H,57,64)(H,58,66). The Bertz CT molecular complexity index is 1740. The normalized spacial score (nSPS) is 12.0. The van der Waals surface area contributed by atoms with Crippen LogP contribution in [0.15, 0.2) is 24.4 Å². The third-order valence-electron chi connectivity index (χ3n) is 10.6. The van der Waals surface area contributed by atoms with Crippen LogP contribution in [-0.2, 0) is 40.0 Å². The molecule has 0 spiro atoms. The van der Waals surface area contributed by atoms with Gasteiger partial charge in [0, 0.05) is 88.2 Å². The lowest BCUT2D eigenvalue weighted by atomic mass is 10.1. The van der Waals surface area contributed by atoms with Gasteiger partial charge in [-0.1, -0.05) is 0 Å². The van der Waals surface area contributed by atoms with Crippen molar-refractivity contribution in [3.8, 4) is 5.75 Å². The number of fused-ring (bicyclic) bond motifs is 1. The van der Waals surface area contributed by atoms with Crippen LogP contribution in [0.3, 0.4) is 0 Å². The number of hydrogen-bond acceptors (Lipinski definition) is 13. The number of hydrogen-bond donors (Lipinski definition) is 14. The van der Waals surface area contributed by atoms with E-state index in [1.165, 1.54) is 6.07 Å². The number of amides is 7. The summed E-state index contributed by atoms with van der Waals surface area (Å²) in [6.07, 6.45) is 10.5. The minimum absolute atomic E-state index is 0.00633. The van der Waals surface area contributed by atoms with Crippen molar-refractivity contribution in [1.29, 1.82) is 0 Å². The molecule has 2 aromatic rings. The summed E-state index contributed by atoms with van der Waals surface area (Å²) in [6.45, 7) is 7.18. The summed E-state index contributed by atoms with van der Waals surface area (Å²) in [5.74, 6) is -2.37. The van der Waals surface area contributed by atoms with Crippen molar-refractivity contribution >= 4 is 52.3 Å². The molecule has 0 saturated heterocycles. The van der Waals surface area contributed by atoms with E-state index in [4.69, 9.17) is 17.2 Å². The molecule has 0 fully saturated rings. The average molecular weight is 930 g/mol. The van der Waals surface area contributed by atoms with E-state index in [0.717, 1.165) is 63.5 Å². The van der Waals surface area contributed by atoms with Gasteiger partial charge in [0.15, 0.2) is 0 Å². The maximum Gasteiger partial charge on any atom is 0.243 e. The largest absolute Gasteiger partial charge is 0.508 e. The number of primary amides is 1. The fourth-order valence-electron chi connectivity index (χ4n) is 6.85. The van der Waals surface area contributed by atoms with E-state index in [-0.39, 0.29) is 49.4 Å². The molecule has 0 aliphatic carbocycles. The molecular weight excluding hydrogens is 851 g/mol. The first-order valence-electron chi connectivity index (χ1n) is 23.7. The number of unbranched alkanes of at least 4 members (excludes halogenated alkanes) is 5. The van der Waals surface area contributed by atoms with Crippen molar-refractivity contribution in [3.63, 3.8) is 0 Å². The maximum atomic E-state index is 13.3. The van der Waals surface area contributed by atoms with Crippen molar-refractivity contribution in [2.75, 3.05) is 78.5 Å². The van der Waals surface area contributed by atoms with Crippen molar-refractivity contribution < 1.29 is 38.7 Å². The van der Waals surface area contributed by atoms with Crippen molar-refractivity contribution in [1.82, 2.24) is 52.8 Å². The number of rotatable bonds is 40. The topological polar surface area (TPSA) is 342 Å². The zero-order valence-corrected chi connectivity index (χ0v) is 38.8. The Morgan fingerprint density at radius 3 is 1.58 bits per heavy atom. The van der Waals surface area contributed by atoms with Gasteiger partial charge in [-0.3, -0.25) is 33.6 Å². The Morgan fingerprint density at radius 2 is 1.05 bits per heavy atom. The van der Waals surface area contributed by atoms with Crippen LogP contribution >= 0.6 is 0 Å². The smallest absolute Gasteiger partial charge is 0.243 e. The molecule has 1 heterocycles. The average Bonchev–Trinajstić information content (AvgIpc) is 3.67. The summed E-state index contributed by atoms with van der Waals surface area (Å²) in [4.78, 5) is 90.3. The highest BCUT2D eigenvalue weighted by Gasteiger charge is 2.28. The number of benzene rings is 1. The Balaban J connectivity index is 1.48. The molecule has 66 heavy (non-hydrogen) atoms. The molecule has 2 unspecified atom stereocenters. The second-order valence-electron chi connectivity index (χ2n) is 16.3. The lowest BCUT2D eigenvalue weighted by Crippen LogP contribution is -2.55. The molecule has 7 amide bonds. The lowest BCUT2D eigenvalue weighted by molar-refractivity contribution is -0.133. The second kappa shape index (κ2) is 35.9. The number of aromatic hydroxyl groups is 1. The van der Waals surface area contributed by atoms with Crippen LogP contribution in [0.2, 0.25) is 0 Å². The van der Waals surface area contributed by atoms with Crippen molar-refractivity contribution in [2.24, 2.45) is 17.2 Å². The highest BCUT2D eigenvalue weighted by molar-refractivity contribution is 5.95. The van der Waals surface area contributed by atoms with E-state index in [1.54, 1.807) is 18.3 Å². The molecule has 2 atom stereocenters. The molecule has 1 aromatic heterocycles. The molecule has 21 heteroatoms. The van der Waals surface area contributed by atoms with Crippen molar-refractivity contribution in [2.45, 2.75) is 115 Å².